The standard InChI is InChI=1S/C31H33N11O3/c1-41-15-21(35-17-41)12-13-32-31-38-27(33-14-22(19-8-4-2-5-9-19)20-10-6-3-7-11-20)23-29(39-31)42(18-36-23)30-25(44)24(43)26(45-30)28-34-16-37-40-28/h2-11,15-18,22,24-26,30,43-44H,12-14H2,1H3,(H,34,37,40)(H2,32,33,38,39)/t24-,25+,26-,30+/m0/s1. The molecule has 5 heterocycles. The lowest BCUT2D eigenvalue weighted by atomic mass is 9.91. The molecule has 0 radical (unpaired) electrons. The summed E-state index contributed by atoms with van der Waals surface area (Å²) in [6, 6.07) is 20.6. The summed E-state index contributed by atoms with van der Waals surface area (Å²) in [7, 11) is 1.93. The molecule has 6 aromatic rings. The number of hydrogen-bond donors (Lipinski definition) is 5. The van der Waals surface area contributed by atoms with Crippen LogP contribution in [0.15, 0.2) is 85.8 Å². The fourth-order valence-corrected chi connectivity index (χ4v) is 5.67. The van der Waals surface area contributed by atoms with Gasteiger partial charge in [-0.1, -0.05) is 60.7 Å². The molecular weight excluding hydrogens is 574 g/mol. The van der Waals surface area contributed by atoms with Crippen molar-refractivity contribution in [1.29, 1.82) is 0 Å². The third-order valence-corrected chi connectivity index (χ3v) is 7.94. The van der Waals surface area contributed by atoms with E-state index >= 15 is 0 Å². The molecule has 4 aromatic heterocycles. The lowest BCUT2D eigenvalue weighted by Gasteiger charge is -2.20. The third-order valence-electron chi connectivity index (χ3n) is 7.94. The number of ether oxygens (including phenoxy) is 1. The number of aliphatic hydroxyl groups is 2. The topological polar surface area (TPSA) is 177 Å². The highest BCUT2D eigenvalue weighted by Crippen LogP contribution is 2.39. The summed E-state index contributed by atoms with van der Waals surface area (Å²) in [5.74, 6) is 1.25. The number of aliphatic hydroxyl groups excluding tert-OH is 2. The Bertz CT molecular complexity index is 1800. The maximum absolute atomic E-state index is 11.0. The summed E-state index contributed by atoms with van der Waals surface area (Å²) >= 11 is 0. The molecule has 0 spiro atoms. The molecule has 0 unspecified atom stereocenters. The highest BCUT2D eigenvalue weighted by molar-refractivity contribution is 5.84. The predicted octanol–water partition coefficient (Wildman–Crippen LogP) is 2.57. The summed E-state index contributed by atoms with van der Waals surface area (Å²) in [5.41, 5.74) is 4.20. The number of aryl methyl sites for hydroxylation is 1. The van der Waals surface area contributed by atoms with Gasteiger partial charge in [-0.05, 0) is 11.1 Å². The van der Waals surface area contributed by atoms with Crippen molar-refractivity contribution in [2.75, 3.05) is 23.7 Å². The molecule has 1 fully saturated rings. The van der Waals surface area contributed by atoms with Crippen molar-refractivity contribution in [3.63, 3.8) is 0 Å². The molecule has 1 saturated heterocycles. The Morgan fingerprint density at radius 2 is 1.69 bits per heavy atom. The molecule has 5 N–H and O–H groups in total. The van der Waals surface area contributed by atoms with E-state index in [1.54, 1.807) is 10.9 Å². The van der Waals surface area contributed by atoms with Crippen LogP contribution in [-0.2, 0) is 18.2 Å². The monoisotopic (exact) mass is 607 g/mol. The van der Waals surface area contributed by atoms with Gasteiger partial charge in [0.25, 0.3) is 0 Å². The van der Waals surface area contributed by atoms with Crippen LogP contribution in [0, 0.1) is 0 Å². The summed E-state index contributed by atoms with van der Waals surface area (Å²) < 4.78 is 9.61. The van der Waals surface area contributed by atoms with Gasteiger partial charge in [0.1, 0.15) is 24.6 Å². The van der Waals surface area contributed by atoms with E-state index < -0.39 is 24.5 Å². The molecule has 4 atom stereocenters. The van der Waals surface area contributed by atoms with Crippen LogP contribution in [0.25, 0.3) is 11.2 Å². The molecule has 0 aliphatic carbocycles. The first-order valence-electron chi connectivity index (χ1n) is 14.7. The van der Waals surface area contributed by atoms with Gasteiger partial charge in [-0.15, -0.1) is 10.2 Å². The van der Waals surface area contributed by atoms with E-state index in [2.05, 4.69) is 60.0 Å². The first kappa shape index (κ1) is 28.6. The number of H-pyrrole nitrogens is 1. The number of aromatic amines is 1. The van der Waals surface area contributed by atoms with Gasteiger partial charge in [-0.25, -0.2) is 9.97 Å². The van der Waals surface area contributed by atoms with Crippen molar-refractivity contribution in [2.24, 2.45) is 7.05 Å². The van der Waals surface area contributed by atoms with Gasteiger partial charge in [0.05, 0.1) is 18.3 Å². The van der Waals surface area contributed by atoms with Crippen LogP contribution in [0.1, 0.15) is 40.9 Å². The zero-order valence-electron chi connectivity index (χ0n) is 24.5. The zero-order chi connectivity index (χ0) is 30.8. The lowest BCUT2D eigenvalue weighted by molar-refractivity contribution is -0.0382. The number of nitrogens with zero attached hydrogens (tertiary/aromatic N) is 8. The molecule has 7 rings (SSSR count). The molecule has 0 bridgehead atoms. The van der Waals surface area contributed by atoms with Gasteiger partial charge < -0.3 is 35.1 Å². The smallest absolute Gasteiger partial charge is 0.226 e. The van der Waals surface area contributed by atoms with Gasteiger partial charge in [0, 0.05) is 38.7 Å². The average Bonchev–Trinajstić information content (AvgIpc) is 3.88. The predicted molar refractivity (Wildman–Crippen MR) is 165 cm³/mol. The highest BCUT2D eigenvalue weighted by Gasteiger charge is 2.46. The Balaban J connectivity index is 1.21. The van der Waals surface area contributed by atoms with Crippen molar-refractivity contribution in [3.8, 4) is 0 Å². The summed E-state index contributed by atoms with van der Waals surface area (Å²) in [6.45, 7) is 1.08. The highest BCUT2D eigenvalue weighted by atomic mass is 16.6. The first-order valence-corrected chi connectivity index (χ1v) is 14.7. The van der Waals surface area contributed by atoms with Gasteiger partial charge in [-0.2, -0.15) is 9.97 Å². The minimum absolute atomic E-state index is 0.0397. The molecule has 0 amide bonds. The quantitative estimate of drug-likeness (QED) is 0.146. The number of aromatic nitrogens is 9. The Morgan fingerprint density at radius 1 is 0.933 bits per heavy atom. The van der Waals surface area contributed by atoms with Crippen molar-refractivity contribution < 1.29 is 14.9 Å². The number of nitrogens with one attached hydrogen (secondary N) is 3. The minimum Gasteiger partial charge on any atom is -0.387 e. The molecule has 14 heteroatoms. The van der Waals surface area contributed by atoms with Crippen LogP contribution in [-0.4, -0.2) is 79.8 Å². The maximum atomic E-state index is 11.0. The van der Waals surface area contributed by atoms with Crippen LogP contribution in [0.4, 0.5) is 11.8 Å². The average molecular weight is 608 g/mol. The molecule has 1 aliphatic heterocycles. The second-order valence-corrected chi connectivity index (χ2v) is 11.0. The molecule has 14 nitrogen and oxygen atoms in total. The van der Waals surface area contributed by atoms with Crippen LogP contribution >= 0.6 is 0 Å². The normalized spacial score (nSPS) is 19.8. The molecule has 230 valence electrons. The van der Waals surface area contributed by atoms with E-state index in [-0.39, 0.29) is 5.92 Å². The molecule has 2 aromatic carbocycles. The fraction of sp³-hybridized carbons (Fsp3) is 0.290. The fourth-order valence-electron chi connectivity index (χ4n) is 5.67. The number of hydrogen-bond acceptors (Lipinski definition) is 11. The van der Waals surface area contributed by atoms with E-state index in [9.17, 15) is 10.2 Å². The van der Waals surface area contributed by atoms with E-state index in [0.29, 0.717) is 48.3 Å². The van der Waals surface area contributed by atoms with Gasteiger partial charge in [0.15, 0.2) is 29.0 Å². The molecule has 45 heavy (non-hydrogen) atoms. The SMILES string of the molecule is Cn1cnc(CCNc2nc(NCC(c3ccccc3)c3ccccc3)c3ncn([C@@H]4O[C@H](c5nnc[nH]5)[C@@H](O)[C@H]4O)c3n2)c1. The number of fused-ring (bicyclic) bond motifs is 1. The van der Waals surface area contributed by atoms with Gasteiger partial charge in [0.2, 0.25) is 5.95 Å². The van der Waals surface area contributed by atoms with Crippen molar-refractivity contribution in [1.82, 2.24) is 44.3 Å². The lowest BCUT2D eigenvalue weighted by Crippen LogP contribution is -2.29. The Kier molecular flexibility index (Phi) is 7.90. The third kappa shape index (κ3) is 5.85. The van der Waals surface area contributed by atoms with Crippen molar-refractivity contribution >= 4 is 22.9 Å². The summed E-state index contributed by atoms with van der Waals surface area (Å²) in [5, 5.41) is 36.4. The second-order valence-electron chi connectivity index (χ2n) is 11.0. The largest absolute Gasteiger partial charge is 0.387 e. The zero-order valence-corrected chi connectivity index (χ0v) is 24.5. The molecule has 1 aliphatic rings. The van der Waals surface area contributed by atoms with Crippen molar-refractivity contribution in [2.45, 2.75) is 36.9 Å². The Morgan fingerprint density at radius 3 is 2.36 bits per heavy atom. The molecular formula is C31H33N11O3. The van der Waals surface area contributed by atoms with Crippen molar-refractivity contribution in [3.05, 3.63) is 108 Å². The van der Waals surface area contributed by atoms with Crippen LogP contribution in [0.2, 0.25) is 0 Å². The first-order chi connectivity index (χ1) is 22.0. The Hall–Kier alpha value is -5.18. The summed E-state index contributed by atoms with van der Waals surface area (Å²) in [6.07, 6.45) is 2.94. The van der Waals surface area contributed by atoms with Crippen LogP contribution in [0.5, 0.6) is 0 Å². The molecule has 0 saturated carbocycles. The number of benzene rings is 2. The minimum atomic E-state index is -1.27. The summed E-state index contributed by atoms with van der Waals surface area (Å²) in [4.78, 5) is 21.5. The van der Waals surface area contributed by atoms with Crippen LogP contribution < -0.4 is 10.6 Å². The van der Waals surface area contributed by atoms with E-state index in [1.165, 1.54) is 12.7 Å². The number of anilines is 2. The second kappa shape index (κ2) is 12.4. The van der Waals surface area contributed by atoms with Gasteiger partial charge >= 0.3 is 0 Å². The Labute approximate surface area is 258 Å². The van der Waals surface area contributed by atoms with E-state index in [1.807, 2.05) is 54.2 Å². The van der Waals surface area contributed by atoms with E-state index in [4.69, 9.17) is 14.7 Å². The van der Waals surface area contributed by atoms with Gasteiger partial charge in [-0.3, -0.25) is 4.57 Å². The van der Waals surface area contributed by atoms with E-state index in [0.717, 1.165) is 16.8 Å². The maximum Gasteiger partial charge on any atom is 0.226 e. The number of imidazole rings is 2. The number of rotatable bonds is 11. The van der Waals surface area contributed by atoms with Crippen LogP contribution in [0.3, 0.4) is 0 Å².